The maximum atomic E-state index is 13.2. The van der Waals surface area contributed by atoms with E-state index in [-0.39, 0.29) is 5.91 Å². The van der Waals surface area contributed by atoms with Crippen molar-refractivity contribution in [1.82, 2.24) is 4.90 Å². The Bertz CT molecular complexity index is 760. The summed E-state index contributed by atoms with van der Waals surface area (Å²) in [5.74, 6) is 1.53. The molecule has 0 atom stereocenters. The highest BCUT2D eigenvalue weighted by Gasteiger charge is 2.27. The van der Waals surface area contributed by atoms with Crippen LogP contribution in [0.1, 0.15) is 46.8 Å². The summed E-state index contributed by atoms with van der Waals surface area (Å²) >= 11 is 0. The van der Waals surface area contributed by atoms with Gasteiger partial charge >= 0.3 is 0 Å². The van der Waals surface area contributed by atoms with E-state index in [1.54, 1.807) is 26.4 Å². The summed E-state index contributed by atoms with van der Waals surface area (Å²) in [7, 11) is 3.15. The van der Waals surface area contributed by atoms with Crippen LogP contribution in [0.25, 0.3) is 0 Å². The summed E-state index contributed by atoms with van der Waals surface area (Å²) in [5.41, 5.74) is 4.37. The molecule has 0 aliphatic carbocycles. The van der Waals surface area contributed by atoms with Crippen LogP contribution in [-0.2, 0) is 13.0 Å². The summed E-state index contributed by atoms with van der Waals surface area (Å²) in [6, 6.07) is 12.1. The molecule has 3 rings (SSSR count). The predicted molar refractivity (Wildman–Crippen MR) is 98.5 cm³/mol. The second-order valence-electron chi connectivity index (χ2n) is 6.70. The van der Waals surface area contributed by atoms with E-state index in [1.807, 2.05) is 11.0 Å². The van der Waals surface area contributed by atoms with Gasteiger partial charge in [-0.2, -0.15) is 0 Å². The number of fused-ring (bicyclic) bond motifs is 1. The van der Waals surface area contributed by atoms with Crippen LogP contribution in [0, 0.1) is 0 Å². The van der Waals surface area contributed by atoms with Crippen molar-refractivity contribution in [2.24, 2.45) is 0 Å². The average Bonchev–Trinajstić information content (AvgIpc) is 2.65. The Morgan fingerprint density at radius 1 is 1.04 bits per heavy atom. The molecule has 0 radical (unpaired) electrons. The number of methoxy groups -OCH3 is 2. The van der Waals surface area contributed by atoms with Crippen molar-refractivity contribution in [3.05, 3.63) is 58.7 Å². The number of nitrogens with zero attached hydrogens (tertiary/aromatic N) is 1. The van der Waals surface area contributed by atoms with E-state index in [0.29, 0.717) is 36.1 Å². The number of carbonyl (C=O) groups excluding carboxylic acids is 1. The highest BCUT2D eigenvalue weighted by atomic mass is 16.5. The second-order valence-corrected chi connectivity index (χ2v) is 6.70. The summed E-state index contributed by atoms with van der Waals surface area (Å²) in [6.07, 6.45) is 0.872. The fraction of sp³-hybridized carbons (Fsp3) is 0.381. The minimum atomic E-state index is -0.0464. The number of rotatable bonds is 4. The first-order valence-corrected chi connectivity index (χ1v) is 8.67. The predicted octanol–water partition coefficient (Wildman–Crippen LogP) is 4.03. The van der Waals surface area contributed by atoms with Gasteiger partial charge < -0.3 is 14.4 Å². The van der Waals surface area contributed by atoms with Gasteiger partial charge in [0.25, 0.3) is 5.91 Å². The molecule has 1 aliphatic heterocycles. The SMILES string of the molecule is COc1cccc(OC)c1C(=O)N1CCc2ccc(C(C)C)cc2C1. The van der Waals surface area contributed by atoms with Gasteiger partial charge in [0.2, 0.25) is 0 Å². The monoisotopic (exact) mass is 339 g/mol. The first kappa shape index (κ1) is 17.3. The minimum Gasteiger partial charge on any atom is -0.496 e. The molecule has 1 heterocycles. The first-order valence-electron chi connectivity index (χ1n) is 8.67. The molecule has 4 nitrogen and oxygen atoms in total. The lowest BCUT2D eigenvalue weighted by molar-refractivity contribution is 0.0727. The van der Waals surface area contributed by atoms with Gasteiger partial charge in [-0.3, -0.25) is 4.79 Å². The maximum absolute atomic E-state index is 13.2. The van der Waals surface area contributed by atoms with Gasteiger partial charge in [-0.05, 0) is 41.2 Å². The average molecular weight is 339 g/mol. The second kappa shape index (κ2) is 7.18. The van der Waals surface area contributed by atoms with E-state index in [9.17, 15) is 4.79 Å². The lowest BCUT2D eigenvalue weighted by atomic mass is 9.93. The third-order valence-corrected chi connectivity index (χ3v) is 4.84. The molecule has 132 valence electrons. The van der Waals surface area contributed by atoms with E-state index in [1.165, 1.54) is 16.7 Å². The van der Waals surface area contributed by atoms with E-state index in [0.717, 1.165) is 6.42 Å². The lowest BCUT2D eigenvalue weighted by Crippen LogP contribution is -2.36. The zero-order valence-corrected chi connectivity index (χ0v) is 15.3. The Kier molecular flexibility index (Phi) is 4.98. The standard InChI is InChI=1S/C21H25NO3/c1-14(2)16-9-8-15-10-11-22(13-17(15)12-16)21(23)20-18(24-3)6-5-7-19(20)25-4/h5-9,12,14H,10-11,13H2,1-4H3. The summed E-state index contributed by atoms with van der Waals surface area (Å²) in [4.78, 5) is 15.0. The van der Waals surface area contributed by atoms with Gasteiger partial charge in [-0.25, -0.2) is 0 Å². The smallest absolute Gasteiger partial charge is 0.261 e. The molecule has 0 unspecified atom stereocenters. The van der Waals surface area contributed by atoms with Gasteiger partial charge in [-0.15, -0.1) is 0 Å². The quantitative estimate of drug-likeness (QED) is 0.844. The summed E-state index contributed by atoms with van der Waals surface area (Å²) in [6.45, 7) is 5.70. The number of hydrogen-bond acceptors (Lipinski definition) is 3. The molecule has 1 amide bonds. The maximum Gasteiger partial charge on any atom is 0.261 e. The lowest BCUT2D eigenvalue weighted by Gasteiger charge is -2.30. The topological polar surface area (TPSA) is 38.8 Å². The van der Waals surface area contributed by atoms with Gasteiger partial charge in [0.15, 0.2) is 0 Å². The molecular formula is C21H25NO3. The summed E-state index contributed by atoms with van der Waals surface area (Å²) in [5, 5.41) is 0. The van der Waals surface area contributed by atoms with Crippen molar-refractivity contribution >= 4 is 5.91 Å². The third kappa shape index (κ3) is 3.34. The van der Waals surface area contributed by atoms with E-state index in [2.05, 4.69) is 32.0 Å². The number of benzene rings is 2. The van der Waals surface area contributed by atoms with Crippen molar-refractivity contribution in [2.75, 3.05) is 20.8 Å². The Labute approximate surface area is 149 Å². The molecule has 0 spiro atoms. The molecular weight excluding hydrogens is 314 g/mol. The largest absolute Gasteiger partial charge is 0.496 e. The van der Waals surface area contributed by atoms with Crippen LogP contribution in [-0.4, -0.2) is 31.6 Å². The number of hydrogen-bond donors (Lipinski definition) is 0. The molecule has 0 saturated heterocycles. The van der Waals surface area contributed by atoms with E-state index in [4.69, 9.17) is 9.47 Å². The van der Waals surface area contributed by atoms with Gasteiger partial charge in [0.05, 0.1) is 14.2 Å². The van der Waals surface area contributed by atoms with Crippen LogP contribution in [0.5, 0.6) is 11.5 Å². The van der Waals surface area contributed by atoms with Crippen molar-refractivity contribution in [2.45, 2.75) is 32.7 Å². The Balaban J connectivity index is 1.92. The minimum absolute atomic E-state index is 0.0464. The molecule has 0 bridgehead atoms. The van der Waals surface area contributed by atoms with Gasteiger partial charge in [0, 0.05) is 13.1 Å². The summed E-state index contributed by atoms with van der Waals surface area (Å²) < 4.78 is 10.8. The van der Waals surface area contributed by atoms with Crippen molar-refractivity contribution in [3.8, 4) is 11.5 Å². The molecule has 2 aromatic rings. The van der Waals surface area contributed by atoms with Gasteiger partial charge in [-0.1, -0.05) is 38.1 Å². The Morgan fingerprint density at radius 3 is 2.32 bits per heavy atom. The van der Waals surface area contributed by atoms with Crippen LogP contribution in [0.4, 0.5) is 0 Å². The van der Waals surface area contributed by atoms with Crippen LogP contribution in [0.3, 0.4) is 0 Å². The van der Waals surface area contributed by atoms with Crippen LogP contribution < -0.4 is 9.47 Å². The zero-order valence-electron chi connectivity index (χ0n) is 15.3. The van der Waals surface area contributed by atoms with Gasteiger partial charge in [0.1, 0.15) is 17.1 Å². The Morgan fingerprint density at radius 2 is 1.72 bits per heavy atom. The normalized spacial score (nSPS) is 13.6. The number of ether oxygens (including phenoxy) is 2. The van der Waals surface area contributed by atoms with Crippen LogP contribution in [0.2, 0.25) is 0 Å². The molecule has 0 saturated carbocycles. The van der Waals surface area contributed by atoms with Crippen molar-refractivity contribution in [3.63, 3.8) is 0 Å². The number of carbonyl (C=O) groups is 1. The molecule has 0 aromatic heterocycles. The number of amides is 1. The Hall–Kier alpha value is -2.49. The third-order valence-electron chi connectivity index (χ3n) is 4.84. The fourth-order valence-electron chi connectivity index (χ4n) is 3.33. The highest BCUT2D eigenvalue weighted by molar-refractivity contribution is 5.99. The molecule has 0 fully saturated rings. The van der Waals surface area contributed by atoms with Crippen molar-refractivity contribution in [1.29, 1.82) is 0 Å². The van der Waals surface area contributed by atoms with Crippen molar-refractivity contribution < 1.29 is 14.3 Å². The highest BCUT2D eigenvalue weighted by Crippen LogP contribution is 2.32. The van der Waals surface area contributed by atoms with E-state index < -0.39 is 0 Å². The fourth-order valence-corrected chi connectivity index (χ4v) is 3.33. The first-order chi connectivity index (χ1) is 12.0. The molecule has 25 heavy (non-hydrogen) atoms. The molecule has 0 N–H and O–H groups in total. The van der Waals surface area contributed by atoms with E-state index >= 15 is 0 Å². The van der Waals surface area contributed by atoms with Crippen LogP contribution >= 0.6 is 0 Å². The molecule has 4 heteroatoms. The molecule has 2 aromatic carbocycles. The van der Waals surface area contributed by atoms with Crippen LogP contribution in [0.15, 0.2) is 36.4 Å². The molecule has 1 aliphatic rings. The zero-order chi connectivity index (χ0) is 18.0.